The van der Waals surface area contributed by atoms with E-state index in [-0.39, 0.29) is 19.6 Å². The number of rotatable bonds is 2. The van der Waals surface area contributed by atoms with Crippen LogP contribution in [0.15, 0.2) is 0 Å². The molecular formula is C9H14F6N2. The Morgan fingerprint density at radius 2 is 1.47 bits per heavy atom. The first kappa shape index (κ1) is 14.6. The van der Waals surface area contributed by atoms with Crippen molar-refractivity contribution in [3.63, 3.8) is 0 Å². The largest absolute Gasteiger partial charge is 0.401 e. The van der Waals surface area contributed by atoms with Crippen molar-refractivity contribution < 1.29 is 26.3 Å². The molecule has 1 aliphatic rings. The zero-order valence-electron chi connectivity index (χ0n) is 9.28. The van der Waals surface area contributed by atoms with Crippen LogP contribution in [0.25, 0.3) is 0 Å². The van der Waals surface area contributed by atoms with Crippen molar-refractivity contribution in [1.29, 1.82) is 0 Å². The van der Waals surface area contributed by atoms with E-state index in [0.717, 1.165) is 9.80 Å². The van der Waals surface area contributed by atoms with Crippen molar-refractivity contribution in [2.45, 2.75) is 25.3 Å². The third kappa shape index (κ3) is 5.58. The molecule has 0 spiro atoms. The summed E-state index contributed by atoms with van der Waals surface area (Å²) >= 11 is 0. The van der Waals surface area contributed by atoms with Crippen molar-refractivity contribution in [2.75, 3.05) is 32.7 Å². The second kappa shape index (κ2) is 5.01. The summed E-state index contributed by atoms with van der Waals surface area (Å²) < 4.78 is 72.7. The van der Waals surface area contributed by atoms with E-state index in [1.807, 2.05) is 0 Å². The van der Waals surface area contributed by atoms with Crippen molar-refractivity contribution in [1.82, 2.24) is 9.80 Å². The molecule has 1 unspecified atom stereocenters. The van der Waals surface area contributed by atoms with Crippen LogP contribution in [0.1, 0.15) is 6.92 Å². The highest BCUT2D eigenvalue weighted by molar-refractivity contribution is 4.81. The highest BCUT2D eigenvalue weighted by Crippen LogP contribution is 2.22. The van der Waals surface area contributed by atoms with E-state index in [2.05, 4.69) is 0 Å². The molecule has 0 N–H and O–H groups in total. The van der Waals surface area contributed by atoms with Crippen LogP contribution in [0.5, 0.6) is 0 Å². The molecule has 8 heteroatoms. The van der Waals surface area contributed by atoms with Gasteiger partial charge >= 0.3 is 12.4 Å². The summed E-state index contributed by atoms with van der Waals surface area (Å²) in [5.74, 6) is 0. The van der Waals surface area contributed by atoms with Gasteiger partial charge < -0.3 is 0 Å². The fraction of sp³-hybridized carbons (Fsp3) is 1.00. The maximum Gasteiger partial charge on any atom is 0.401 e. The topological polar surface area (TPSA) is 6.48 Å². The quantitative estimate of drug-likeness (QED) is 0.705. The molecule has 1 aliphatic heterocycles. The Balaban J connectivity index is 2.45. The van der Waals surface area contributed by atoms with E-state index in [9.17, 15) is 26.3 Å². The molecule has 102 valence electrons. The van der Waals surface area contributed by atoms with Gasteiger partial charge in [0.05, 0.1) is 13.1 Å². The Kier molecular flexibility index (Phi) is 4.29. The van der Waals surface area contributed by atoms with Crippen molar-refractivity contribution in [3.8, 4) is 0 Å². The van der Waals surface area contributed by atoms with Gasteiger partial charge in [-0.2, -0.15) is 26.3 Å². The Morgan fingerprint density at radius 1 is 0.941 bits per heavy atom. The van der Waals surface area contributed by atoms with Crippen LogP contribution in [0.4, 0.5) is 26.3 Å². The minimum Gasteiger partial charge on any atom is -0.292 e. The highest BCUT2D eigenvalue weighted by atomic mass is 19.4. The Morgan fingerprint density at radius 3 is 1.88 bits per heavy atom. The van der Waals surface area contributed by atoms with Crippen molar-refractivity contribution >= 4 is 0 Å². The van der Waals surface area contributed by atoms with E-state index in [1.165, 1.54) is 6.92 Å². The first-order chi connectivity index (χ1) is 7.57. The van der Waals surface area contributed by atoms with E-state index < -0.39 is 31.5 Å². The maximum atomic E-state index is 12.1. The molecule has 0 aromatic heterocycles. The molecule has 0 aliphatic carbocycles. The number of hydrogen-bond acceptors (Lipinski definition) is 2. The van der Waals surface area contributed by atoms with Crippen LogP contribution in [0.2, 0.25) is 0 Å². The predicted molar refractivity (Wildman–Crippen MR) is 49.6 cm³/mol. The second-order valence-corrected chi connectivity index (χ2v) is 4.28. The number of nitrogens with zero attached hydrogens (tertiary/aromatic N) is 2. The summed E-state index contributed by atoms with van der Waals surface area (Å²) in [6.45, 7) is -0.578. The molecule has 0 saturated carbocycles. The number of halogens is 6. The Labute approximate surface area is 95.2 Å². The summed E-state index contributed by atoms with van der Waals surface area (Å²) in [5.41, 5.74) is 0. The maximum absolute atomic E-state index is 12.1. The summed E-state index contributed by atoms with van der Waals surface area (Å²) in [5, 5.41) is 0. The predicted octanol–water partition coefficient (Wildman–Crippen LogP) is 2.12. The number of alkyl halides is 6. The molecule has 1 rings (SSSR count). The molecule has 1 fully saturated rings. The third-order valence-electron chi connectivity index (χ3n) is 2.63. The SMILES string of the molecule is CC1CN(CC(F)(F)F)CCN1CC(F)(F)F. The standard InChI is InChI=1S/C9H14F6N2/c1-7-4-16(5-8(10,11)12)2-3-17(7)6-9(13,14)15/h7H,2-6H2,1H3. The second-order valence-electron chi connectivity index (χ2n) is 4.28. The van der Waals surface area contributed by atoms with Crippen LogP contribution >= 0.6 is 0 Å². The van der Waals surface area contributed by atoms with Crippen LogP contribution in [-0.4, -0.2) is 60.9 Å². The van der Waals surface area contributed by atoms with Crippen molar-refractivity contribution in [2.24, 2.45) is 0 Å². The van der Waals surface area contributed by atoms with E-state index in [0.29, 0.717) is 0 Å². The first-order valence-electron chi connectivity index (χ1n) is 5.17. The number of piperazine rings is 1. The number of hydrogen-bond donors (Lipinski definition) is 0. The Bertz CT molecular complexity index is 249. The lowest BCUT2D eigenvalue weighted by Crippen LogP contribution is -2.55. The van der Waals surface area contributed by atoms with Gasteiger partial charge in [0.1, 0.15) is 0 Å². The van der Waals surface area contributed by atoms with Crippen molar-refractivity contribution in [3.05, 3.63) is 0 Å². The van der Waals surface area contributed by atoms with Gasteiger partial charge in [0.2, 0.25) is 0 Å². The summed E-state index contributed by atoms with van der Waals surface area (Å²) in [7, 11) is 0. The van der Waals surface area contributed by atoms with E-state index in [4.69, 9.17) is 0 Å². The molecule has 0 aromatic carbocycles. The normalized spacial score (nSPS) is 25.2. The van der Waals surface area contributed by atoms with Crippen LogP contribution in [-0.2, 0) is 0 Å². The van der Waals surface area contributed by atoms with Crippen LogP contribution < -0.4 is 0 Å². The van der Waals surface area contributed by atoms with Gasteiger partial charge in [-0.1, -0.05) is 0 Å². The molecular weight excluding hydrogens is 250 g/mol. The lowest BCUT2D eigenvalue weighted by Gasteiger charge is -2.40. The van der Waals surface area contributed by atoms with Gasteiger partial charge in [-0.25, -0.2) is 0 Å². The molecule has 0 radical (unpaired) electrons. The molecule has 1 heterocycles. The minimum atomic E-state index is -4.31. The Hall–Kier alpha value is -0.500. The third-order valence-corrected chi connectivity index (χ3v) is 2.63. The molecule has 2 nitrogen and oxygen atoms in total. The van der Waals surface area contributed by atoms with Crippen LogP contribution in [0, 0.1) is 0 Å². The monoisotopic (exact) mass is 264 g/mol. The smallest absolute Gasteiger partial charge is 0.292 e. The van der Waals surface area contributed by atoms with Gasteiger partial charge in [0.15, 0.2) is 0 Å². The van der Waals surface area contributed by atoms with Gasteiger partial charge in [-0.3, -0.25) is 9.80 Å². The lowest BCUT2D eigenvalue weighted by atomic mass is 10.2. The average molecular weight is 264 g/mol. The molecule has 0 amide bonds. The molecule has 0 bridgehead atoms. The first-order valence-corrected chi connectivity index (χ1v) is 5.17. The fourth-order valence-electron chi connectivity index (χ4n) is 1.93. The molecule has 17 heavy (non-hydrogen) atoms. The lowest BCUT2D eigenvalue weighted by molar-refractivity contribution is -0.168. The van der Waals surface area contributed by atoms with Crippen LogP contribution in [0.3, 0.4) is 0 Å². The van der Waals surface area contributed by atoms with Gasteiger partial charge in [0, 0.05) is 25.7 Å². The zero-order chi connectivity index (χ0) is 13.3. The summed E-state index contributed by atoms with van der Waals surface area (Å²) in [6.07, 6.45) is -8.60. The minimum absolute atomic E-state index is 0.00951. The van der Waals surface area contributed by atoms with Gasteiger partial charge in [-0.05, 0) is 6.92 Å². The summed E-state index contributed by atoms with van der Waals surface area (Å²) in [6, 6.07) is -0.521. The van der Waals surface area contributed by atoms with E-state index in [1.54, 1.807) is 0 Å². The molecule has 1 atom stereocenters. The van der Waals surface area contributed by atoms with Gasteiger partial charge in [0.25, 0.3) is 0 Å². The molecule has 0 aromatic rings. The molecule has 1 saturated heterocycles. The zero-order valence-corrected chi connectivity index (χ0v) is 9.28. The fourth-order valence-corrected chi connectivity index (χ4v) is 1.93. The van der Waals surface area contributed by atoms with Gasteiger partial charge in [-0.15, -0.1) is 0 Å². The summed E-state index contributed by atoms with van der Waals surface area (Å²) in [4.78, 5) is 2.30. The average Bonchev–Trinajstić information content (AvgIpc) is 2.05. The van der Waals surface area contributed by atoms with E-state index >= 15 is 0 Å². The highest BCUT2D eigenvalue weighted by Gasteiger charge is 2.37.